The maximum absolute atomic E-state index is 11.1. The summed E-state index contributed by atoms with van der Waals surface area (Å²) in [6, 6.07) is 5.31. The fraction of sp³-hybridized carbons (Fsp3) is 0.364. The lowest BCUT2D eigenvalue weighted by Gasteiger charge is -2.03. The zero-order valence-corrected chi connectivity index (χ0v) is 8.00. The topological polar surface area (TPSA) is 37.3 Å². The van der Waals surface area contributed by atoms with Crippen LogP contribution in [0.5, 0.6) is 5.75 Å². The summed E-state index contributed by atoms with van der Waals surface area (Å²) in [6.07, 6.45) is 0.859. The SMILES string of the molecule is CCC(=O)Cc1cc(C)ccc1O. The first-order valence-corrected chi connectivity index (χ1v) is 4.43. The Balaban J connectivity index is 2.87. The molecule has 0 aliphatic heterocycles. The first-order chi connectivity index (χ1) is 6.13. The molecular weight excluding hydrogens is 164 g/mol. The third-order valence-electron chi connectivity index (χ3n) is 2.02. The maximum Gasteiger partial charge on any atom is 0.137 e. The van der Waals surface area contributed by atoms with Crippen LogP contribution < -0.4 is 0 Å². The third kappa shape index (κ3) is 2.58. The number of carbonyl (C=O) groups excluding carboxylic acids is 1. The average molecular weight is 178 g/mol. The zero-order valence-electron chi connectivity index (χ0n) is 8.00. The molecule has 13 heavy (non-hydrogen) atoms. The lowest BCUT2D eigenvalue weighted by Crippen LogP contribution is -2.00. The number of aromatic hydroxyl groups is 1. The van der Waals surface area contributed by atoms with E-state index in [-0.39, 0.29) is 11.5 Å². The van der Waals surface area contributed by atoms with Gasteiger partial charge in [0.25, 0.3) is 0 Å². The minimum atomic E-state index is 0.154. The number of Topliss-reactive ketones (excluding diaryl/α,β-unsaturated/α-hetero) is 1. The van der Waals surface area contributed by atoms with Crippen LogP contribution in [0.25, 0.3) is 0 Å². The fourth-order valence-corrected chi connectivity index (χ4v) is 1.19. The highest BCUT2D eigenvalue weighted by molar-refractivity contribution is 5.81. The number of rotatable bonds is 3. The molecule has 0 aromatic heterocycles. The van der Waals surface area contributed by atoms with Gasteiger partial charge in [-0.15, -0.1) is 0 Å². The Hall–Kier alpha value is -1.31. The normalized spacial score (nSPS) is 10.0. The van der Waals surface area contributed by atoms with Crippen LogP contribution in [0.2, 0.25) is 0 Å². The largest absolute Gasteiger partial charge is 0.508 e. The minimum absolute atomic E-state index is 0.154. The summed E-state index contributed by atoms with van der Waals surface area (Å²) in [7, 11) is 0. The summed E-state index contributed by atoms with van der Waals surface area (Å²) in [6.45, 7) is 3.77. The van der Waals surface area contributed by atoms with Gasteiger partial charge in [-0.2, -0.15) is 0 Å². The zero-order chi connectivity index (χ0) is 9.84. The number of phenolic OH excluding ortho intramolecular Hbond substituents is 1. The predicted octanol–water partition coefficient (Wildman–Crippen LogP) is 2.22. The Morgan fingerprint density at radius 2 is 2.15 bits per heavy atom. The quantitative estimate of drug-likeness (QED) is 0.770. The Kier molecular flexibility index (Phi) is 3.07. The van der Waals surface area contributed by atoms with Crippen LogP contribution in [0.4, 0.5) is 0 Å². The van der Waals surface area contributed by atoms with Gasteiger partial charge in [-0.05, 0) is 13.0 Å². The van der Waals surface area contributed by atoms with Gasteiger partial charge >= 0.3 is 0 Å². The second kappa shape index (κ2) is 4.08. The van der Waals surface area contributed by atoms with Crippen LogP contribution in [0.1, 0.15) is 24.5 Å². The van der Waals surface area contributed by atoms with Crippen LogP contribution in [-0.4, -0.2) is 10.9 Å². The fourth-order valence-electron chi connectivity index (χ4n) is 1.19. The molecule has 0 amide bonds. The molecule has 2 heteroatoms. The van der Waals surface area contributed by atoms with Crippen molar-refractivity contribution in [3.05, 3.63) is 29.3 Å². The molecule has 0 spiro atoms. The van der Waals surface area contributed by atoms with E-state index in [1.807, 2.05) is 26.0 Å². The summed E-state index contributed by atoms with van der Waals surface area (Å²) in [5.74, 6) is 0.369. The van der Waals surface area contributed by atoms with Crippen molar-refractivity contribution in [2.24, 2.45) is 0 Å². The summed E-state index contributed by atoms with van der Waals surface area (Å²) in [5, 5.41) is 9.43. The molecule has 0 saturated heterocycles. The van der Waals surface area contributed by atoms with Crippen molar-refractivity contribution in [2.45, 2.75) is 26.7 Å². The van der Waals surface area contributed by atoms with Crippen LogP contribution >= 0.6 is 0 Å². The highest BCUT2D eigenvalue weighted by atomic mass is 16.3. The first kappa shape index (κ1) is 9.78. The molecule has 0 heterocycles. The van der Waals surface area contributed by atoms with Crippen LogP contribution in [-0.2, 0) is 11.2 Å². The van der Waals surface area contributed by atoms with Crippen molar-refractivity contribution in [3.8, 4) is 5.75 Å². The molecule has 1 rings (SSSR count). The van der Waals surface area contributed by atoms with E-state index in [1.54, 1.807) is 6.07 Å². The Morgan fingerprint density at radius 3 is 2.77 bits per heavy atom. The van der Waals surface area contributed by atoms with Gasteiger partial charge in [-0.3, -0.25) is 4.79 Å². The number of aryl methyl sites for hydroxylation is 1. The van der Waals surface area contributed by atoms with Crippen LogP contribution in [0.15, 0.2) is 18.2 Å². The molecule has 2 nitrogen and oxygen atoms in total. The Labute approximate surface area is 78.2 Å². The minimum Gasteiger partial charge on any atom is -0.508 e. The average Bonchev–Trinajstić information content (AvgIpc) is 2.11. The smallest absolute Gasteiger partial charge is 0.137 e. The number of ketones is 1. The number of hydrogen-bond acceptors (Lipinski definition) is 2. The number of hydrogen-bond donors (Lipinski definition) is 1. The highest BCUT2D eigenvalue weighted by Gasteiger charge is 2.05. The maximum atomic E-state index is 11.1. The molecule has 0 aliphatic rings. The van der Waals surface area contributed by atoms with Gasteiger partial charge in [0.15, 0.2) is 0 Å². The van der Waals surface area contributed by atoms with Gasteiger partial charge in [0.05, 0.1) is 0 Å². The van der Waals surface area contributed by atoms with Gasteiger partial charge in [-0.25, -0.2) is 0 Å². The molecule has 0 radical (unpaired) electrons. The van der Waals surface area contributed by atoms with Crippen molar-refractivity contribution in [2.75, 3.05) is 0 Å². The van der Waals surface area contributed by atoms with E-state index in [0.717, 1.165) is 11.1 Å². The van der Waals surface area contributed by atoms with Crippen molar-refractivity contribution >= 4 is 5.78 Å². The Morgan fingerprint density at radius 1 is 1.46 bits per heavy atom. The Bertz CT molecular complexity index is 316. The van der Waals surface area contributed by atoms with Crippen LogP contribution in [0.3, 0.4) is 0 Å². The molecule has 0 atom stereocenters. The second-order valence-electron chi connectivity index (χ2n) is 3.20. The van der Waals surface area contributed by atoms with Gasteiger partial charge in [0, 0.05) is 18.4 Å². The van der Waals surface area contributed by atoms with Gasteiger partial charge in [0.2, 0.25) is 0 Å². The summed E-state index contributed by atoms with van der Waals surface area (Å²) in [5.41, 5.74) is 1.79. The van der Waals surface area contributed by atoms with Crippen molar-refractivity contribution in [3.63, 3.8) is 0 Å². The van der Waals surface area contributed by atoms with E-state index >= 15 is 0 Å². The van der Waals surface area contributed by atoms with Crippen molar-refractivity contribution < 1.29 is 9.90 Å². The van der Waals surface area contributed by atoms with Crippen LogP contribution in [0, 0.1) is 6.92 Å². The third-order valence-corrected chi connectivity index (χ3v) is 2.02. The standard InChI is InChI=1S/C11H14O2/c1-3-10(12)7-9-6-8(2)4-5-11(9)13/h4-6,13H,3,7H2,1-2H3. The number of carbonyl (C=O) groups is 1. The number of phenols is 1. The van der Waals surface area contributed by atoms with E-state index in [0.29, 0.717) is 12.8 Å². The molecule has 0 fully saturated rings. The van der Waals surface area contributed by atoms with Crippen molar-refractivity contribution in [1.29, 1.82) is 0 Å². The molecular formula is C11H14O2. The summed E-state index contributed by atoms with van der Waals surface area (Å²) >= 11 is 0. The molecule has 0 unspecified atom stereocenters. The highest BCUT2D eigenvalue weighted by Crippen LogP contribution is 2.19. The summed E-state index contributed by atoms with van der Waals surface area (Å²) < 4.78 is 0. The lowest BCUT2D eigenvalue weighted by atomic mass is 10.0. The van der Waals surface area contributed by atoms with E-state index in [1.165, 1.54) is 0 Å². The number of benzene rings is 1. The van der Waals surface area contributed by atoms with Crippen molar-refractivity contribution in [1.82, 2.24) is 0 Å². The lowest BCUT2D eigenvalue weighted by molar-refractivity contribution is -0.118. The second-order valence-corrected chi connectivity index (χ2v) is 3.20. The molecule has 0 aliphatic carbocycles. The van der Waals surface area contributed by atoms with E-state index in [4.69, 9.17) is 0 Å². The molecule has 0 bridgehead atoms. The molecule has 70 valence electrons. The molecule has 1 N–H and O–H groups in total. The predicted molar refractivity (Wildman–Crippen MR) is 51.8 cm³/mol. The monoisotopic (exact) mass is 178 g/mol. The first-order valence-electron chi connectivity index (χ1n) is 4.43. The van der Waals surface area contributed by atoms with E-state index in [9.17, 15) is 9.90 Å². The molecule has 1 aromatic rings. The van der Waals surface area contributed by atoms with Gasteiger partial charge in [-0.1, -0.05) is 24.6 Å². The van der Waals surface area contributed by atoms with Gasteiger partial charge in [0.1, 0.15) is 11.5 Å². The van der Waals surface area contributed by atoms with Gasteiger partial charge < -0.3 is 5.11 Å². The molecule has 0 saturated carbocycles. The van der Waals surface area contributed by atoms with E-state index in [2.05, 4.69) is 0 Å². The van der Waals surface area contributed by atoms with E-state index < -0.39 is 0 Å². The molecule has 1 aromatic carbocycles. The summed E-state index contributed by atoms with van der Waals surface area (Å²) in [4.78, 5) is 11.1.